The van der Waals surface area contributed by atoms with E-state index in [1.807, 2.05) is 35.7 Å². The molecule has 3 N–H and O–H groups in total. The second-order valence-corrected chi connectivity index (χ2v) is 9.82. The zero-order valence-corrected chi connectivity index (χ0v) is 19.9. The number of aliphatic hydroxyl groups is 1. The lowest BCUT2D eigenvalue weighted by molar-refractivity contribution is 0.0940. The third-order valence-electron chi connectivity index (χ3n) is 6.15. The highest BCUT2D eigenvalue weighted by atomic mass is 16.5. The Morgan fingerprint density at radius 1 is 1.29 bits per heavy atom. The summed E-state index contributed by atoms with van der Waals surface area (Å²) in [5.41, 5.74) is 5.98. The summed E-state index contributed by atoms with van der Waals surface area (Å²) in [5.74, 6) is -0.0188. The Balaban J connectivity index is 1.55. The summed E-state index contributed by atoms with van der Waals surface area (Å²) in [6, 6.07) is 8.15. The highest BCUT2D eigenvalue weighted by molar-refractivity contribution is 5.96. The van der Waals surface area contributed by atoms with E-state index in [1.165, 1.54) is 0 Å². The van der Waals surface area contributed by atoms with Gasteiger partial charge in [0, 0.05) is 23.7 Å². The molecule has 2 aliphatic rings. The minimum atomic E-state index is -0.873. The van der Waals surface area contributed by atoms with Crippen molar-refractivity contribution < 1.29 is 14.6 Å². The van der Waals surface area contributed by atoms with E-state index in [2.05, 4.69) is 21.7 Å². The highest BCUT2D eigenvalue weighted by Crippen LogP contribution is 2.30. The molecule has 1 saturated carbocycles. The largest absolute Gasteiger partial charge is 0.389 e. The normalized spacial score (nSPS) is 16.4. The molecule has 0 atom stereocenters. The molecule has 8 heteroatoms. The number of amides is 1. The predicted molar refractivity (Wildman–Crippen MR) is 132 cm³/mol. The molecule has 5 rings (SSSR count). The number of carbonyl (C=O) groups is 1. The molecule has 0 spiro atoms. The van der Waals surface area contributed by atoms with Crippen molar-refractivity contribution in [3.05, 3.63) is 53.4 Å². The van der Waals surface area contributed by atoms with Crippen LogP contribution < -0.4 is 10.6 Å². The summed E-state index contributed by atoms with van der Waals surface area (Å²) in [4.78, 5) is 17.2. The van der Waals surface area contributed by atoms with Crippen molar-refractivity contribution in [1.29, 1.82) is 0 Å². The topological polar surface area (TPSA) is 101 Å². The van der Waals surface area contributed by atoms with Crippen LogP contribution in [0.4, 0.5) is 5.69 Å². The fourth-order valence-corrected chi connectivity index (χ4v) is 4.09. The molecular weight excluding hydrogens is 430 g/mol. The van der Waals surface area contributed by atoms with E-state index >= 15 is 0 Å². The lowest BCUT2D eigenvalue weighted by Crippen LogP contribution is -2.29. The van der Waals surface area contributed by atoms with Gasteiger partial charge in [-0.05, 0) is 69.4 Å². The van der Waals surface area contributed by atoms with E-state index in [0.717, 1.165) is 53.0 Å². The van der Waals surface area contributed by atoms with E-state index in [0.29, 0.717) is 37.0 Å². The fraction of sp³-hybridized carbons (Fsp3) is 0.423. The molecule has 1 aromatic carbocycles. The van der Waals surface area contributed by atoms with Gasteiger partial charge in [0.2, 0.25) is 0 Å². The first-order chi connectivity index (χ1) is 16.3. The summed E-state index contributed by atoms with van der Waals surface area (Å²) in [5, 5.41) is 21.6. The number of anilines is 1. The molecule has 178 valence electrons. The number of imidazole rings is 1. The zero-order valence-electron chi connectivity index (χ0n) is 19.9. The van der Waals surface area contributed by atoms with Gasteiger partial charge in [0.25, 0.3) is 5.91 Å². The van der Waals surface area contributed by atoms with E-state index in [-0.39, 0.29) is 5.91 Å². The minimum Gasteiger partial charge on any atom is -0.389 e. The Morgan fingerprint density at radius 2 is 2.12 bits per heavy atom. The van der Waals surface area contributed by atoms with Gasteiger partial charge in [-0.1, -0.05) is 12.1 Å². The number of rotatable bonds is 7. The summed E-state index contributed by atoms with van der Waals surface area (Å²) in [6.07, 6.45) is 6.78. The van der Waals surface area contributed by atoms with Crippen molar-refractivity contribution in [2.75, 3.05) is 25.1 Å². The van der Waals surface area contributed by atoms with Crippen LogP contribution in [-0.4, -0.2) is 57.0 Å². The second-order valence-electron chi connectivity index (χ2n) is 9.82. The van der Waals surface area contributed by atoms with Crippen LogP contribution in [0.15, 0.2) is 36.5 Å². The molecule has 3 heterocycles. The fourth-order valence-electron chi connectivity index (χ4n) is 4.09. The molecule has 0 unspecified atom stereocenters. The standard InChI is InChI=1S/C26H31N5O3/c1-16-12-18(4-7-20(16)25(32)29-19-5-6-19)23-14-27-24-22(28-15-26(2,3)33)13-21(30-31(23)24)17-8-10-34-11-9-17/h4,7-8,12-14,19,28,33H,5-6,9-11,15H2,1-3H3,(H,29,32). The lowest BCUT2D eigenvalue weighted by atomic mass is 10.0. The number of benzene rings is 1. The molecule has 1 aliphatic heterocycles. The summed E-state index contributed by atoms with van der Waals surface area (Å²) in [7, 11) is 0. The van der Waals surface area contributed by atoms with Crippen molar-refractivity contribution in [1.82, 2.24) is 19.9 Å². The van der Waals surface area contributed by atoms with E-state index in [9.17, 15) is 9.90 Å². The molecule has 1 aliphatic carbocycles. The van der Waals surface area contributed by atoms with Gasteiger partial charge in [-0.15, -0.1) is 0 Å². The maximum Gasteiger partial charge on any atom is 0.251 e. The van der Waals surface area contributed by atoms with Crippen molar-refractivity contribution >= 4 is 22.8 Å². The smallest absolute Gasteiger partial charge is 0.251 e. The summed E-state index contributed by atoms with van der Waals surface area (Å²) < 4.78 is 7.32. The van der Waals surface area contributed by atoms with Crippen LogP contribution >= 0.6 is 0 Å². The number of fused-ring (bicyclic) bond motifs is 1. The monoisotopic (exact) mass is 461 g/mol. The average molecular weight is 462 g/mol. The van der Waals surface area contributed by atoms with Crippen LogP contribution in [0.25, 0.3) is 22.5 Å². The van der Waals surface area contributed by atoms with Crippen LogP contribution in [-0.2, 0) is 4.74 Å². The number of carbonyl (C=O) groups excluding carboxylic acids is 1. The number of nitrogens with zero attached hydrogens (tertiary/aromatic N) is 3. The van der Waals surface area contributed by atoms with Gasteiger partial charge in [0.1, 0.15) is 0 Å². The summed E-state index contributed by atoms with van der Waals surface area (Å²) >= 11 is 0. The second kappa shape index (κ2) is 8.85. The zero-order chi connectivity index (χ0) is 23.9. The molecular formula is C26H31N5O3. The van der Waals surface area contributed by atoms with Crippen molar-refractivity contribution in [2.45, 2.75) is 51.7 Å². The van der Waals surface area contributed by atoms with E-state index < -0.39 is 5.60 Å². The first-order valence-corrected chi connectivity index (χ1v) is 11.8. The van der Waals surface area contributed by atoms with Gasteiger partial charge in [-0.3, -0.25) is 4.79 Å². The van der Waals surface area contributed by atoms with Crippen LogP contribution in [0.2, 0.25) is 0 Å². The molecule has 3 aromatic rings. The van der Waals surface area contributed by atoms with Crippen LogP contribution in [0.3, 0.4) is 0 Å². The summed E-state index contributed by atoms with van der Waals surface area (Å²) in [6.45, 7) is 7.10. The molecule has 0 saturated heterocycles. The maximum absolute atomic E-state index is 12.6. The maximum atomic E-state index is 12.6. The Morgan fingerprint density at radius 3 is 2.79 bits per heavy atom. The van der Waals surface area contributed by atoms with E-state index in [1.54, 1.807) is 20.0 Å². The van der Waals surface area contributed by atoms with Crippen LogP contribution in [0.1, 0.15) is 54.7 Å². The third-order valence-corrected chi connectivity index (χ3v) is 6.15. The van der Waals surface area contributed by atoms with Gasteiger partial charge in [0.05, 0.1) is 42.1 Å². The highest BCUT2D eigenvalue weighted by Gasteiger charge is 2.25. The van der Waals surface area contributed by atoms with Gasteiger partial charge in [-0.25, -0.2) is 9.50 Å². The van der Waals surface area contributed by atoms with Crippen molar-refractivity contribution in [3.63, 3.8) is 0 Å². The first-order valence-electron chi connectivity index (χ1n) is 11.8. The molecule has 0 bridgehead atoms. The molecule has 1 amide bonds. The SMILES string of the molecule is Cc1cc(-c2cnc3c(NCC(C)(C)O)cc(C4=CCOCC4)nn23)ccc1C(=O)NC1CC1. The Kier molecular flexibility index (Phi) is 5.87. The Hall–Kier alpha value is -3.23. The van der Waals surface area contributed by atoms with Crippen LogP contribution in [0, 0.1) is 6.92 Å². The van der Waals surface area contributed by atoms with Gasteiger partial charge < -0.3 is 20.5 Å². The first kappa shape index (κ1) is 22.6. The molecule has 34 heavy (non-hydrogen) atoms. The number of aromatic nitrogens is 3. The number of aryl methyl sites for hydroxylation is 1. The molecule has 1 fully saturated rings. The quantitative estimate of drug-likeness (QED) is 0.497. The average Bonchev–Trinajstić information content (AvgIpc) is 3.52. The number of hydrogen-bond donors (Lipinski definition) is 3. The molecule has 0 radical (unpaired) electrons. The van der Waals surface area contributed by atoms with E-state index in [4.69, 9.17) is 9.84 Å². The number of nitrogens with one attached hydrogen (secondary N) is 2. The van der Waals surface area contributed by atoms with Gasteiger partial charge in [0.15, 0.2) is 5.65 Å². The predicted octanol–water partition coefficient (Wildman–Crippen LogP) is 3.58. The van der Waals surface area contributed by atoms with Crippen LogP contribution in [0.5, 0.6) is 0 Å². The number of hydrogen-bond acceptors (Lipinski definition) is 6. The Labute approximate surface area is 199 Å². The van der Waals surface area contributed by atoms with Gasteiger partial charge >= 0.3 is 0 Å². The van der Waals surface area contributed by atoms with Gasteiger partial charge in [-0.2, -0.15) is 5.10 Å². The third kappa shape index (κ3) is 4.83. The molecule has 2 aromatic heterocycles. The lowest BCUT2D eigenvalue weighted by Gasteiger charge is -2.20. The Bertz CT molecular complexity index is 1270. The van der Waals surface area contributed by atoms with Crippen molar-refractivity contribution in [2.24, 2.45) is 0 Å². The number of ether oxygens (including phenoxy) is 1. The van der Waals surface area contributed by atoms with Crippen molar-refractivity contribution in [3.8, 4) is 11.3 Å². The minimum absolute atomic E-state index is 0.0188. The molecule has 8 nitrogen and oxygen atoms in total.